The van der Waals surface area contributed by atoms with Crippen molar-refractivity contribution in [2.45, 2.75) is 6.92 Å². The Hall–Kier alpha value is -1.74. The van der Waals surface area contributed by atoms with Gasteiger partial charge in [-0.2, -0.15) is 0 Å². The summed E-state index contributed by atoms with van der Waals surface area (Å²) in [7, 11) is 0. The van der Waals surface area contributed by atoms with Gasteiger partial charge in [0.05, 0.1) is 0 Å². The van der Waals surface area contributed by atoms with E-state index in [-0.39, 0.29) is 0 Å². The molecule has 1 fully saturated rings. The van der Waals surface area contributed by atoms with E-state index in [9.17, 15) is 0 Å². The molecule has 0 atom stereocenters. The molecule has 0 radical (unpaired) electrons. The van der Waals surface area contributed by atoms with E-state index in [4.69, 9.17) is 0 Å². The molecule has 0 aliphatic carbocycles. The third-order valence-electron chi connectivity index (χ3n) is 3.41. The summed E-state index contributed by atoms with van der Waals surface area (Å²) in [6.45, 7) is 6.45. The van der Waals surface area contributed by atoms with Gasteiger partial charge in [-0.1, -0.05) is 18.2 Å². The highest BCUT2D eigenvalue weighted by atomic mass is 15.3. The fourth-order valence-electron chi connectivity index (χ4n) is 2.51. The summed E-state index contributed by atoms with van der Waals surface area (Å²) in [4.78, 5) is 2.45. The zero-order valence-electron chi connectivity index (χ0n) is 10.8. The van der Waals surface area contributed by atoms with E-state index in [1.165, 1.54) is 17.1 Å². The van der Waals surface area contributed by atoms with Crippen LogP contribution in [0.5, 0.6) is 0 Å². The molecule has 1 aliphatic rings. The van der Waals surface area contributed by atoms with Gasteiger partial charge in [0.1, 0.15) is 5.82 Å². The second-order valence-electron chi connectivity index (χ2n) is 4.82. The van der Waals surface area contributed by atoms with Crippen LogP contribution in [0.4, 0.5) is 5.82 Å². The van der Waals surface area contributed by atoms with E-state index in [1.54, 1.807) is 0 Å². The van der Waals surface area contributed by atoms with Crippen molar-refractivity contribution in [1.82, 2.24) is 9.88 Å². The summed E-state index contributed by atoms with van der Waals surface area (Å²) in [6, 6.07) is 12.8. The molecule has 1 N–H and O–H groups in total. The van der Waals surface area contributed by atoms with Gasteiger partial charge in [-0.15, -0.1) is 0 Å². The largest absolute Gasteiger partial charge is 0.355 e. The maximum Gasteiger partial charge on any atom is 0.113 e. The summed E-state index contributed by atoms with van der Waals surface area (Å²) < 4.78 is 2.29. The smallest absolute Gasteiger partial charge is 0.113 e. The van der Waals surface area contributed by atoms with Crippen molar-refractivity contribution in [1.29, 1.82) is 0 Å². The van der Waals surface area contributed by atoms with Gasteiger partial charge in [0.15, 0.2) is 0 Å². The molecule has 0 unspecified atom stereocenters. The first-order valence-corrected chi connectivity index (χ1v) is 6.55. The Kier molecular flexibility index (Phi) is 3.07. The number of piperazine rings is 1. The van der Waals surface area contributed by atoms with Gasteiger partial charge >= 0.3 is 0 Å². The number of rotatable bonds is 2. The van der Waals surface area contributed by atoms with Gasteiger partial charge in [0.25, 0.3) is 0 Å². The van der Waals surface area contributed by atoms with Crippen LogP contribution in [0.25, 0.3) is 5.69 Å². The topological polar surface area (TPSA) is 20.2 Å². The number of benzene rings is 1. The molecule has 0 bridgehead atoms. The summed E-state index contributed by atoms with van der Waals surface area (Å²) in [5.74, 6) is 1.31. The standard InChI is InChI=1S/C15H19N3/c1-13-11-15(17-9-7-16-8-10-17)18(12-13)14-5-3-2-4-6-14/h2-6,11-12,16H,7-10H2,1H3. The molecular formula is C15H19N3. The number of nitrogens with one attached hydrogen (secondary N) is 1. The van der Waals surface area contributed by atoms with Gasteiger partial charge in [-0.25, -0.2) is 0 Å². The molecule has 1 aromatic carbocycles. The number of hydrogen-bond donors (Lipinski definition) is 1. The predicted octanol–water partition coefficient (Wildman–Crippen LogP) is 2.20. The number of hydrogen-bond acceptors (Lipinski definition) is 2. The molecule has 2 aromatic rings. The van der Waals surface area contributed by atoms with E-state index in [0.717, 1.165) is 26.2 Å². The van der Waals surface area contributed by atoms with Crippen LogP contribution in [0.2, 0.25) is 0 Å². The average molecular weight is 241 g/mol. The zero-order valence-corrected chi connectivity index (χ0v) is 10.8. The summed E-state index contributed by atoms with van der Waals surface area (Å²) in [5.41, 5.74) is 2.55. The van der Waals surface area contributed by atoms with Crippen molar-refractivity contribution in [3.05, 3.63) is 48.2 Å². The average Bonchev–Trinajstić information content (AvgIpc) is 2.83. The molecule has 0 saturated carbocycles. The number of nitrogens with zero attached hydrogens (tertiary/aromatic N) is 2. The zero-order chi connectivity index (χ0) is 12.4. The maximum atomic E-state index is 3.40. The minimum atomic E-state index is 1.07. The molecule has 1 saturated heterocycles. The molecule has 1 aromatic heterocycles. The minimum absolute atomic E-state index is 1.07. The highest BCUT2D eigenvalue weighted by Crippen LogP contribution is 2.23. The van der Waals surface area contributed by atoms with Crippen LogP contribution >= 0.6 is 0 Å². The summed E-state index contributed by atoms with van der Waals surface area (Å²) >= 11 is 0. The van der Waals surface area contributed by atoms with E-state index in [2.05, 4.69) is 64.3 Å². The Morgan fingerprint density at radius 3 is 2.50 bits per heavy atom. The number of aromatic nitrogens is 1. The monoisotopic (exact) mass is 241 g/mol. The van der Waals surface area contributed by atoms with Gasteiger partial charge in [-0.05, 0) is 30.7 Å². The van der Waals surface area contributed by atoms with Crippen molar-refractivity contribution >= 4 is 5.82 Å². The van der Waals surface area contributed by atoms with E-state index in [1.807, 2.05) is 0 Å². The van der Waals surface area contributed by atoms with Crippen molar-refractivity contribution in [3.8, 4) is 5.69 Å². The Labute approximate surface area is 108 Å². The lowest BCUT2D eigenvalue weighted by atomic mass is 10.3. The van der Waals surface area contributed by atoms with Gasteiger partial charge in [0, 0.05) is 38.1 Å². The molecule has 18 heavy (non-hydrogen) atoms. The van der Waals surface area contributed by atoms with Crippen molar-refractivity contribution < 1.29 is 0 Å². The van der Waals surface area contributed by atoms with E-state index in [0.29, 0.717) is 0 Å². The molecule has 2 heterocycles. The molecule has 3 rings (SSSR count). The van der Waals surface area contributed by atoms with Crippen LogP contribution in [-0.4, -0.2) is 30.7 Å². The first kappa shape index (κ1) is 11.4. The van der Waals surface area contributed by atoms with Gasteiger partial charge in [0.2, 0.25) is 0 Å². The maximum absolute atomic E-state index is 3.40. The lowest BCUT2D eigenvalue weighted by Gasteiger charge is -2.30. The van der Waals surface area contributed by atoms with Crippen LogP contribution in [-0.2, 0) is 0 Å². The predicted molar refractivity (Wildman–Crippen MR) is 75.6 cm³/mol. The Bertz CT molecular complexity index is 510. The molecular weight excluding hydrogens is 222 g/mol. The van der Waals surface area contributed by atoms with E-state index >= 15 is 0 Å². The highest BCUT2D eigenvalue weighted by molar-refractivity contribution is 5.51. The Balaban J connectivity index is 1.99. The van der Waals surface area contributed by atoms with Crippen molar-refractivity contribution in [2.75, 3.05) is 31.1 Å². The SMILES string of the molecule is Cc1cc(N2CCNCC2)n(-c2ccccc2)c1. The molecule has 0 spiro atoms. The fourth-order valence-corrected chi connectivity index (χ4v) is 2.51. The first-order valence-electron chi connectivity index (χ1n) is 6.55. The third-order valence-corrected chi connectivity index (χ3v) is 3.41. The Morgan fingerprint density at radius 1 is 1.06 bits per heavy atom. The second-order valence-corrected chi connectivity index (χ2v) is 4.82. The quantitative estimate of drug-likeness (QED) is 0.870. The molecule has 3 heteroatoms. The minimum Gasteiger partial charge on any atom is -0.355 e. The number of aryl methyl sites for hydroxylation is 1. The van der Waals surface area contributed by atoms with E-state index < -0.39 is 0 Å². The van der Waals surface area contributed by atoms with Gasteiger partial charge < -0.3 is 14.8 Å². The van der Waals surface area contributed by atoms with Crippen LogP contribution in [0.15, 0.2) is 42.6 Å². The normalized spacial score (nSPS) is 15.9. The van der Waals surface area contributed by atoms with Crippen LogP contribution in [0.3, 0.4) is 0 Å². The summed E-state index contributed by atoms with van der Waals surface area (Å²) in [6.07, 6.45) is 2.21. The van der Waals surface area contributed by atoms with Crippen molar-refractivity contribution in [3.63, 3.8) is 0 Å². The fraction of sp³-hybridized carbons (Fsp3) is 0.333. The molecule has 94 valence electrons. The Morgan fingerprint density at radius 2 is 1.78 bits per heavy atom. The van der Waals surface area contributed by atoms with Crippen LogP contribution in [0, 0.1) is 6.92 Å². The number of para-hydroxylation sites is 1. The van der Waals surface area contributed by atoms with Crippen LogP contribution < -0.4 is 10.2 Å². The lowest BCUT2D eigenvalue weighted by molar-refractivity contribution is 0.582. The lowest BCUT2D eigenvalue weighted by Crippen LogP contribution is -2.44. The summed E-state index contributed by atoms with van der Waals surface area (Å²) in [5, 5.41) is 3.40. The molecule has 0 amide bonds. The molecule has 1 aliphatic heterocycles. The highest BCUT2D eigenvalue weighted by Gasteiger charge is 2.15. The molecule has 3 nitrogen and oxygen atoms in total. The first-order chi connectivity index (χ1) is 8.84. The van der Waals surface area contributed by atoms with Gasteiger partial charge in [-0.3, -0.25) is 0 Å². The number of anilines is 1. The third kappa shape index (κ3) is 2.14. The second kappa shape index (κ2) is 4.86. The van der Waals surface area contributed by atoms with Crippen molar-refractivity contribution in [2.24, 2.45) is 0 Å². The van der Waals surface area contributed by atoms with Crippen LogP contribution in [0.1, 0.15) is 5.56 Å².